The van der Waals surface area contributed by atoms with Gasteiger partial charge >= 0.3 is 5.97 Å². The van der Waals surface area contributed by atoms with Gasteiger partial charge in [-0.15, -0.1) is 0 Å². The zero-order valence-corrected chi connectivity index (χ0v) is 19.2. The number of halogens is 1. The number of esters is 1. The van der Waals surface area contributed by atoms with Gasteiger partial charge in [-0.2, -0.15) is 0 Å². The molecule has 0 bridgehead atoms. The number of carbonyl (C=O) groups excluding carboxylic acids is 2. The van der Waals surface area contributed by atoms with Gasteiger partial charge < -0.3 is 23.5 Å². The quantitative estimate of drug-likeness (QED) is 0.353. The summed E-state index contributed by atoms with van der Waals surface area (Å²) in [5.74, 6) is -0.543. The Morgan fingerprint density at radius 3 is 2.15 bits per heavy atom. The lowest BCUT2D eigenvalue weighted by molar-refractivity contribution is 0.0470. The van der Waals surface area contributed by atoms with E-state index in [2.05, 4.69) is 0 Å². The zero-order valence-electron chi connectivity index (χ0n) is 19.2. The molecule has 0 saturated heterocycles. The molecule has 8 heteroatoms. The molecule has 0 atom stereocenters. The average Bonchev–Trinajstić information content (AvgIpc) is 3.10. The van der Waals surface area contributed by atoms with Crippen molar-refractivity contribution in [3.05, 3.63) is 76.4 Å². The molecule has 1 aromatic heterocycles. The number of aryl methyl sites for hydroxylation is 1. The van der Waals surface area contributed by atoms with Gasteiger partial charge in [0.25, 0.3) is 0 Å². The fraction of sp³-hybridized carbons (Fsp3) is 0.280. The Labute approximate surface area is 191 Å². The van der Waals surface area contributed by atoms with Crippen LogP contribution in [0.3, 0.4) is 0 Å². The van der Waals surface area contributed by atoms with Crippen LogP contribution in [0, 0.1) is 19.7 Å². The monoisotopic (exact) mass is 455 g/mol. The Kier molecular flexibility index (Phi) is 7.37. The standard InChI is InChI=1S/C25H26FNO6/c1-15-12-20(16(2)27(15)13-17-6-8-18(26)9-7-17)21(28)14-33-25(29)19-10-11-22(30-3)24(32-5)23(19)31-4/h6-12H,13-14H2,1-5H3. The molecular formula is C25H26FNO6. The number of benzene rings is 2. The van der Waals surface area contributed by atoms with Gasteiger partial charge in [0.1, 0.15) is 11.4 Å². The lowest BCUT2D eigenvalue weighted by Crippen LogP contribution is -2.16. The van der Waals surface area contributed by atoms with E-state index in [0.717, 1.165) is 17.0 Å². The maximum absolute atomic E-state index is 13.2. The largest absolute Gasteiger partial charge is 0.493 e. The molecule has 2 aromatic carbocycles. The van der Waals surface area contributed by atoms with Crippen LogP contribution < -0.4 is 14.2 Å². The van der Waals surface area contributed by atoms with Gasteiger partial charge in [-0.3, -0.25) is 4.79 Å². The first-order chi connectivity index (χ1) is 15.8. The number of carbonyl (C=O) groups is 2. The number of ether oxygens (including phenoxy) is 4. The second-order valence-corrected chi connectivity index (χ2v) is 7.38. The van der Waals surface area contributed by atoms with Crippen molar-refractivity contribution in [1.29, 1.82) is 0 Å². The predicted molar refractivity (Wildman–Crippen MR) is 120 cm³/mol. The smallest absolute Gasteiger partial charge is 0.342 e. The first kappa shape index (κ1) is 23.8. The van der Waals surface area contributed by atoms with Gasteiger partial charge in [0.05, 0.1) is 21.3 Å². The van der Waals surface area contributed by atoms with Crippen LogP contribution in [0.25, 0.3) is 0 Å². The number of hydrogen-bond acceptors (Lipinski definition) is 6. The van der Waals surface area contributed by atoms with Crippen molar-refractivity contribution in [2.24, 2.45) is 0 Å². The minimum absolute atomic E-state index is 0.115. The van der Waals surface area contributed by atoms with E-state index in [1.54, 1.807) is 24.3 Å². The average molecular weight is 455 g/mol. The molecule has 174 valence electrons. The van der Waals surface area contributed by atoms with E-state index < -0.39 is 12.6 Å². The fourth-order valence-electron chi connectivity index (χ4n) is 3.65. The highest BCUT2D eigenvalue weighted by atomic mass is 19.1. The van der Waals surface area contributed by atoms with Gasteiger partial charge in [0.2, 0.25) is 11.5 Å². The van der Waals surface area contributed by atoms with Crippen LogP contribution in [0.5, 0.6) is 17.2 Å². The van der Waals surface area contributed by atoms with Crippen molar-refractivity contribution < 1.29 is 32.9 Å². The van der Waals surface area contributed by atoms with E-state index in [-0.39, 0.29) is 28.7 Å². The van der Waals surface area contributed by atoms with Gasteiger partial charge in [-0.05, 0) is 49.7 Å². The summed E-state index contributed by atoms with van der Waals surface area (Å²) < 4.78 is 36.2. The van der Waals surface area contributed by atoms with Crippen LogP contribution in [-0.4, -0.2) is 44.3 Å². The zero-order chi connectivity index (χ0) is 24.1. The Morgan fingerprint density at radius 1 is 0.879 bits per heavy atom. The molecule has 7 nitrogen and oxygen atoms in total. The van der Waals surface area contributed by atoms with Gasteiger partial charge in [-0.25, -0.2) is 9.18 Å². The van der Waals surface area contributed by atoms with Crippen molar-refractivity contribution in [2.45, 2.75) is 20.4 Å². The Bertz CT molecular complexity index is 1170. The fourth-order valence-corrected chi connectivity index (χ4v) is 3.65. The molecule has 0 amide bonds. The number of hydrogen-bond donors (Lipinski definition) is 0. The van der Waals surface area contributed by atoms with Crippen molar-refractivity contribution in [3.63, 3.8) is 0 Å². The molecule has 0 saturated carbocycles. The summed E-state index contributed by atoms with van der Waals surface area (Å²) >= 11 is 0. The highest BCUT2D eigenvalue weighted by Crippen LogP contribution is 2.40. The summed E-state index contributed by atoms with van der Waals surface area (Å²) in [7, 11) is 4.30. The molecular weight excluding hydrogens is 429 g/mol. The minimum atomic E-state index is -0.721. The van der Waals surface area contributed by atoms with E-state index in [4.69, 9.17) is 18.9 Å². The predicted octanol–water partition coefficient (Wildman–Crippen LogP) is 4.36. The molecule has 3 rings (SSSR count). The van der Waals surface area contributed by atoms with Crippen LogP contribution in [0.2, 0.25) is 0 Å². The summed E-state index contributed by atoms with van der Waals surface area (Å²) in [5.41, 5.74) is 3.09. The van der Waals surface area contributed by atoms with Crippen LogP contribution in [0.1, 0.15) is 37.7 Å². The Hall–Kier alpha value is -3.81. The molecule has 0 aliphatic rings. The SMILES string of the molecule is COc1ccc(C(=O)OCC(=O)c2cc(C)n(Cc3ccc(F)cc3)c2C)c(OC)c1OC. The van der Waals surface area contributed by atoms with E-state index in [1.165, 1.54) is 39.5 Å². The molecule has 0 radical (unpaired) electrons. The second-order valence-electron chi connectivity index (χ2n) is 7.38. The van der Waals surface area contributed by atoms with Gasteiger partial charge in [0.15, 0.2) is 18.1 Å². The summed E-state index contributed by atoms with van der Waals surface area (Å²) in [6.07, 6.45) is 0. The molecule has 1 heterocycles. The van der Waals surface area contributed by atoms with Crippen molar-refractivity contribution in [1.82, 2.24) is 4.57 Å². The summed E-state index contributed by atoms with van der Waals surface area (Å²) in [6.45, 7) is 3.77. The lowest BCUT2D eigenvalue weighted by Gasteiger charge is -2.15. The highest BCUT2D eigenvalue weighted by molar-refractivity contribution is 6.01. The van der Waals surface area contributed by atoms with Gasteiger partial charge in [-0.1, -0.05) is 12.1 Å². The van der Waals surface area contributed by atoms with Crippen LogP contribution in [-0.2, 0) is 11.3 Å². The summed E-state index contributed by atoms with van der Waals surface area (Å²) in [5, 5.41) is 0. The number of ketones is 1. The Morgan fingerprint density at radius 2 is 1.55 bits per heavy atom. The molecule has 3 aromatic rings. The maximum atomic E-state index is 13.2. The van der Waals surface area contributed by atoms with Crippen molar-refractivity contribution in [3.8, 4) is 17.2 Å². The van der Waals surface area contributed by atoms with Crippen LogP contribution in [0.4, 0.5) is 4.39 Å². The molecule has 0 aliphatic heterocycles. The molecule has 0 fully saturated rings. The van der Waals surface area contributed by atoms with Gasteiger partial charge in [0, 0.05) is 23.5 Å². The maximum Gasteiger partial charge on any atom is 0.342 e. The van der Waals surface area contributed by atoms with Crippen LogP contribution >= 0.6 is 0 Å². The molecule has 0 unspecified atom stereocenters. The second kappa shape index (κ2) is 10.2. The van der Waals surface area contributed by atoms with E-state index in [9.17, 15) is 14.0 Å². The van der Waals surface area contributed by atoms with Crippen molar-refractivity contribution in [2.75, 3.05) is 27.9 Å². The number of nitrogens with zero attached hydrogens (tertiary/aromatic N) is 1. The third-order valence-electron chi connectivity index (χ3n) is 5.39. The third-order valence-corrected chi connectivity index (χ3v) is 5.39. The van der Waals surface area contributed by atoms with E-state index in [0.29, 0.717) is 17.9 Å². The Balaban J connectivity index is 1.75. The molecule has 33 heavy (non-hydrogen) atoms. The normalized spacial score (nSPS) is 10.6. The molecule has 0 aliphatic carbocycles. The number of methoxy groups -OCH3 is 3. The summed E-state index contributed by atoms with van der Waals surface area (Å²) in [4.78, 5) is 25.5. The summed E-state index contributed by atoms with van der Waals surface area (Å²) in [6, 6.07) is 11.0. The molecule has 0 spiro atoms. The third kappa shape index (κ3) is 5.00. The van der Waals surface area contributed by atoms with Crippen molar-refractivity contribution >= 4 is 11.8 Å². The van der Waals surface area contributed by atoms with E-state index >= 15 is 0 Å². The highest BCUT2D eigenvalue weighted by Gasteiger charge is 2.23. The van der Waals surface area contributed by atoms with E-state index in [1.807, 2.05) is 18.4 Å². The number of Topliss-reactive ketones (excluding diaryl/α,β-unsaturated/α-hetero) is 1. The molecule has 0 N–H and O–H groups in total. The first-order valence-corrected chi connectivity index (χ1v) is 10.2. The number of aromatic nitrogens is 1. The lowest BCUT2D eigenvalue weighted by atomic mass is 10.1. The van der Waals surface area contributed by atoms with Crippen LogP contribution in [0.15, 0.2) is 42.5 Å². The minimum Gasteiger partial charge on any atom is -0.493 e. The topological polar surface area (TPSA) is 76.0 Å². The number of rotatable bonds is 9. The first-order valence-electron chi connectivity index (χ1n) is 10.2.